The molecule has 1 heterocycles. The molecule has 1 aromatic heterocycles. The van der Waals surface area contributed by atoms with Crippen LogP contribution in [0.5, 0.6) is 5.75 Å². The summed E-state index contributed by atoms with van der Waals surface area (Å²) in [5.41, 5.74) is 2.01. The van der Waals surface area contributed by atoms with E-state index in [1.54, 1.807) is 24.4 Å². The van der Waals surface area contributed by atoms with Gasteiger partial charge in [0.1, 0.15) is 12.4 Å². The lowest BCUT2D eigenvalue weighted by Gasteiger charge is -2.29. The largest absolute Gasteiger partial charge is 0.487 e. The lowest BCUT2D eigenvalue weighted by Crippen LogP contribution is -2.37. The molecule has 7 nitrogen and oxygen atoms in total. The molecule has 0 unspecified atom stereocenters. The first-order valence-corrected chi connectivity index (χ1v) is 12.9. The molecule has 0 bridgehead atoms. The van der Waals surface area contributed by atoms with Crippen molar-refractivity contribution in [3.05, 3.63) is 82.9 Å². The maximum Gasteiger partial charge on any atom is 0.335 e. The van der Waals surface area contributed by atoms with E-state index in [1.165, 1.54) is 16.4 Å². The first kappa shape index (κ1) is 23.7. The number of hydrogen-bond donors (Lipinski definition) is 1. The number of carbonyl (C=O) groups is 1. The zero-order valence-corrected chi connectivity index (χ0v) is 20.6. The molecule has 0 aliphatic rings. The highest BCUT2D eigenvalue weighted by Gasteiger charge is 2.32. The average molecular weight is 497 g/mol. The number of hydrogen-bond acceptors (Lipinski definition) is 6. The number of rotatable bonds is 8. The van der Waals surface area contributed by atoms with Gasteiger partial charge in [0.25, 0.3) is 10.0 Å². The van der Waals surface area contributed by atoms with Crippen LogP contribution >= 0.6 is 11.3 Å². The van der Waals surface area contributed by atoms with Crippen LogP contribution in [0.25, 0.3) is 10.8 Å². The number of benzene rings is 3. The van der Waals surface area contributed by atoms with E-state index in [2.05, 4.69) is 4.98 Å². The Hall–Kier alpha value is -3.43. The highest BCUT2D eigenvalue weighted by atomic mass is 32.2. The SMILES string of the molecule is Cc1csc(S(=O)(=O)N(c2cc3ccccc3cc2OCc2ccc(C(=O)O)cc2)C(C)C)n1. The summed E-state index contributed by atoms with van der Waals surface area (Å²) in [6.45, 7) is 5.52. The van der Waals surface area contributed by atoms with E-state index in [0.717, 1.165) is 27.7 Å². The number of aromatic carboxylic acids is 1. The molecule has 0 atom stereocenters. The van der Waals surface area contributed by atoms with Crippen LogP contribution in [0.2, 0.25) is 0 Å². The molecule has 3 aromatic carbocycles. The summed E-state index contributed by atoms with van der Waals surface area (Å²) in [6, 6.07) is 17.3. The summed E-state index contributed by atoms with van der Waals surface area (Å²) >= 11 is 1.09. The number of aryl methyl sites for hydroxylation is 1. The van der Waals surface area contributed by atoms with Gasteiger partial charge in [-0.25, -0.2) is 9.78 Å². The topological polar surface area (TPSA) is 96.8 Å². The van der Waals surface area contributed by atoms with Crippen LogP contribution < -0.4 is 9.04 Å². The van der Waals surface area contributed by atoms with Crippen LogP contribution in [-0.2, 0) is 16.6 Å². The monoisotopic (exact) mass is 496 g/mol. The Kier molecular flexibility index (Phi) is 6.58. The van der Waals surface area contributed by atoms with E-state index in [1.807, 2.05) is 50.2 Å². The lowest BCUT2D eigenvalue weighted by molar-refractivity contribution is 0.0697. The maximum absolute atomic E-state index is 13.6. The fourth-order valence-corrected chi connectivity index (χ4v) is 6.40. The Morgan fingerprint density at radius 3 is 2.29 bits per heavy atom. The van der Waals surface area contributed by atoms with E-state index < -0.39 is 22.0 Å². The van der Waals surface area contributed by atoms with Crippen molar-refractivity contribution in [3.8, 4) is 5.75 Å². The number of nitrogens with zero attached hydrogens (tertiary/aromatic N) is 2. The number of carboxylic acid groups (broad SMARTS) is 1. The second-order valence-corrected chi connectivity index (χ2v) is 11.0. The third-order valence-corrected chi connectivity index (χ3v) is 8.55. The lowest BCUT2D eigenvalue weighted by atomic mass is 10.1. The summed E-state index contributed by atoms with van der Waals surface area (Å²) in [4.78, 5) is 15.3. The van der Waals surface area contributed by atoms with E-state index in [4.69, 9.17) is 9.84 Å². The molecule has 4 aromatic rings. The third-order valence-electron chi connectivity index (χ3n) is 5.21. The highest BCUT2D eigenvalue weighted by Crippen LogP contribution is 2.38. The molecule has 1 N–H and O–H groups in total. The summed E-state index contributed by atoms with van der Waals surface area (Å²) in [5.74, 6) is -0.592. The second kappa shape index (κ2) is 9.44. The average Bonchev–Trinajstić information content (AvgIpc) is 3.25. The van der Waals surface area contributed by atoms with Gasteiger partial charge in [-0.1, -0.05) is 36.4 Å². The standard InChI is InChI=1S/C25H24N2O5S2/c1-16(2)27(34(30,31)25-26-17(3)15-33-25)22-12-20-6-4-5-7-21(20)13-23(22)32-14-18-8-10-19(11-9-18)24(28)29/h4-13,15-16H,14H2,1-3H3,(H,28,29). The molecule has 4 rings (SSSR count). The first-order valence-electron chi connectivity index (χ1n) is 10.6. The molecule has 0 fully saturated rings. The Bertz CT molecular complexity index is 1440. The van der Waals surface area contributed by atoms with Crippen molar-refractivity contribution in [1.29, 1.82) is 0 Å². The number of fused-ring (bicyclic) bond motifs is 1. The number of thiazole rings is 1. The minimum Gasteiger partial charge on any atom is -0.487 e. The van der Waals surface area contributed by atoms with Gasteiger partial charge in [-0.05, 0) is 61.4 Å². The summed E-state index contributed by atoms with van der Waals surface area (Å²) < 4.78 is 34.7. The minimum atomic E-state index is -3.93. The van der Waals surface area contributed by atoms with Gasteiger partial charge in [0.2, 0.25) is 4.34 Å². The fourth-order valence-electron chi connectivity index (χ4n) is 3.62. The molecule has 0 aliphatic carbocycles. The van der Waals surface area contributed by atoms with Gasteiger partial charge in [0.15, 0.2) is 0 Å². The van der Waals surface area contributed by atoms with Gasteiger partial charge in [0, 0.05) is 17.1 Å². The van der Waals surface area contributed by atoms with E-state index in [9.17, 15) is 13.2 Å². The predicted molar refractivity (Wildman–Crippen MR) is 133 cm³/mol. The van der Waals surface area contributed by atoms with Crippen molar-refractivity contribution in [2.24, 2.45) is 0 Å². The number of carboxylic acids is 1. The summed E-state index contributed by atoms with van der Waals surface area (Å²) in [6.07, 6.45) is 0. The molecule has 176 valence electrons. The van der Waals surface area contributed by atoms with Crippen molar-refractivity contribution in [3.63, 3.8) is 0 Å². The van der Waals surface area contributed by atoms with Crippen molar-refractivity contribution in [2.75, 3.05) is 4.31 Å². The van der Waals surface area contributed by atoms with Crippen LogP contribution in [0.4, 0.5) is 5.69 Å². The Labute approximate surface area is 202 Å². The van der Waals surface area contributed by atoms with Gasteiger partial charge < -0.3 is 9.84 Å². The predicted octanol–water partition coefficient (Wildman–Crippen LogP) is 5.49. The van der Waals surface area contributed by atoms with Gasteiger partial charge >= 0.3 is 5.97 Å². The number of ether oxygens (including phenoxy) is 1. The van der Waals surface area contributed by atoms with E-state index >= 15 is 0 Å². The molecular formula is C25H24N2O5S2. The molecule has 0 amide bonds. The summed E-state index contributed by atoms with van der Waals surface area (Å²) in [5, 5.41) is 12.6. The molecule has 0 spiro atoms. The third kappa shape index (κ3) is 4.76. The van der Waals surface area contributed by atoms with Crippen LogP contribution in [0, 0.1) is 6.92 Å². The maximum atomic E-state index is 13.6. The first-order chi connectivity index (χ1) is 16.2. The molecule has 0 saturated carbocycles. The van der Waals surface area contributed by atoms with Gasteiger partial charge in [-0.2, -0.15) is 8.42 Å². The molecule has 34 heavy (non-hydrogen) atoms. The van der Waals surface area contributed by atoms with Crippen LogP contribution in [0.1, 0.15) is 35.5 Å². The smallest absolute Gasteiger partial charge is 0.335 e. The molecule has 0 aliphatic heterocycles. The van der Waals surface area contributed by atoms with Crippen LogP contribution in [0.3, 0.4) is 0 Å². The van der Waals surface area contributed by atoms with Crippen LogP contribution in [-0.4, -0.2) is 30.5 Å². The fraction of sp³-hybridized carbons (Fsp3) is 0.200. The van der Waals surface area contributed by atoms with Gasteiger partial charge in [0.05, 0.1) is 11.3 Å². The van der Waals surface area contributed by atoms with Gasteiger partial charge in [-0.3, -0.25) is 4.31 Å². The van der Waals surface area contributed by atoms with E-state index in [-0.39, 0.29) is 16.5 Å². The zero-order chi connectivity index (χ0) is 24.5. The molecular weight excluding hydrogens is 472 g/mol. The van der Waals surface area contributed by atoms with Crippen molar-refractivity contribution >= 4 is 43.8 Å². The summed E-state index contributed by atoms with van der Waals surface area (Å²) in [7, 11) is -3.93. The molecule has 9 heteroatoms. The van der Waals surface area contributed by atoms with Crippen molar-refractivity contribution < 1.29 is 23.1 Å². The molecule has 0 saturated heterocycles. The Balaban J connectivity index is 1.78. The van der Waals surface area contributed by atoms with Crippen LogP contribution in [0.15, 0.2) is 70.4 Å². The number of sulfonamides is 1. The van der Waals surface area contributed by atoms with E-state index in [0.29, 0.717) is 17.1 Å². The minimum absolute atomic E-state index is 0.0297. The normalized spacial score (nSPS) is 11.6. The quantitative estimate of drug-likeness (QED) is 0.347. The highest BCUT2D eigenvalue weighted by molar-refractivity contribution is 7.94. The Morgan fingerprint density at radius 2 is 1.74 bits per heavy atom. The zero-order valence-electron chi connectivity index (χ0n) is 18.9. The van der Waals surface area contributed by atoms with Crippen molar-refractivity contribution in [2.45, 2.75) is 37.8 Å². The number of anilines is 1. The number of aromatic nitrogens is 1. The van der Waals surface area contributed by atoms with Gasteiger partial charge in [-0.15, -0.1) is 11.3 Å². The molecule has 0 radical (unpaired) electrons. The Morgan fingerprint density at radius 1 is 1.09 bits per heavy atom. The van der Waals surface area contributed by atoms with Crippen molar-refractivity contribution in [1.82, 2.24) is 4.98 Å². The second-order valence-electron chi connectivity index (χ2n) is 8.11.